The molecule has 0 bridgehead atoms. The van der Waals surface area contributed by atoms with Crippen LogP contribution in [-0.4, -0.2) is 15.0 Å². The van der Waals surface area contributed by atoms with E-state index in [1.807, 2.05) is 0 Å². The molecular weight excluding hydrogens is 993 g/mol. The first-order chi connectivity index (χ1) is 40.6. The molecule has 0 atom stereocenters. The smallest absolute Gasteiger partial charge is 0.164 e. The summed E-state index contributed by atoms with van der Waals surface area (Å²) in [5.74, 6) is 1.88. The van der Waals surface area contributed by atoms with Crippen LogP contribution in [-0.2, 0) is 5.41 Å². The highest BCUT2D eigenvalue weighted by molar-refractivity contribution is 5.90. The summed E-state index contributed by atoms with van der Waals surface area (Å²) in [5, 5.41) is 4.61. The van der Waals surface area contributed by atoms with Gasteiger partial charge < -0.3 is 4.90 Å². The minimum Gasteiger partial charge on any atom is -0.311 e. The van der Waals surface area contributed by atoms with Crippen LogP contribution in [0.5, 0.6) is 0 Å². The monoisotopic (exact) mass is 1040 g/mol. The number of aromatic nitrogens is 3. The van der Waals surface area contributed by atoms with Crippen molar-refractivity contribution in [3.05, 3.63) is 338 Å². The first-order valence-corrected chi connectivity index (χ1v) is 28.0. The molecule has 4 nitrogen and oxygen atoms in total. The normalized spacial score (nSPS) is 12.2. The van der Waals surface area contributed by atoms with Crippen LogP contribution in [0, 0.1) is 0 Å². The van der Waals surface area contributed by atoms with Gasteiger partial charge in [0.2, 0.25) is 0 Å². The second kappa shape index (κ2) is 20.4. The van der Waals surface area contributed by atoms with Crippen LogP contribution in [0.15, 0.2) is 315 Å². The van der Waals surface area contributed by atoms with Crippen LogP contribution in [0.1, 0.15) is 22.3 Å². The van der Waals surface area contributed by atoms with E-state index >= 15 is 0 Å². The average Bonchev–Trinajstić information content (AvgIpc) is 3.21. The molecule has 0 saturated carbocycles. The van der Waals surface area contributed by atoms with Crippen molar-refractivity contribution in [3.63, 3.8) is 0 Å². The van der Waals surface area contributed by atoms with Crippen molar-refractivity contribution in [1.82, 2.24) is 15.0 Å². The molecular formula is C78H52N4. The van der Waals surface area contributed by atoms with E-state index in [4.69, 9.17) is 15.0 Å². The van der Waals surface area contributed by atoms with Crippen molar-refractivity contribution in [2.24, 2.45) is 0 Å². The fourth-order valence-electron chi connectivity index (χ4n) is 12.3. The van der Waals surface area contributed by atoms with E-state index in [0.717, 1.165) is 61.2 Å². The second-order valence-corrected chi connectivity index (χ2v) is 21.1. The Morgan fingerprint density at radius 1 is 0.220 bits per heavy atom. The summed E-state index contributed by atoms with van der Waals surface area (Å²) < 4.78 is 0. The van der Waals surface area contributed by atoms with Gasteiger partial charge in [-0.25, -0.2) is 15.0 Å². The Labute approximate surface area is 477 Å². The Hall–Kier alpha value is -10.8. The van der Waals surface area contributed by atoms with Gasteiger partial charge in [-0.1, -0.05) is 267 Å². The maximum absolute atomic E-state index is 5.23. The topological polar surface area (TPSA) is 41.9 Å². The Morgan fingerprint density at radius 2 is 0.512 bits per heavy atom. The van der Waals surface area contributed by atoms with Crippen LogP contribution >= 0.6 is 0 Å². The van der Waals surface area contributed by atoms with Gasteiger partial charge in [0.1, 0.15) is 0 Å². The highest BCUT2D eigenvalue weighted by Gasteiger charge is 2.46. The Bertz CT molecular complexity index is 4410. The predicted octanol–water partition coefficient (Wildman–Crippen LogP) is 20.0. The predicted molar refractivity (Wildman–Crippen MR) is 339 cm³/mol. The summed E-state index contributed by atoms with van der Waals surface area (Å²) in [6.45, 7) is 0. The minimum absolute atomic E-state index is 0.605. The zero-order chi connectivity index (χ0) is 54.4. The van der Waals surface area contributed by atoms with Gasteiger partial charge in [-0.15, -0.1) is 0 Å². The van der Waals surface area contributed by atoms with E-state index in [1.54, 1.807) is 0 Å². The van der Waals surface area contributed by atoms with Gasteiger partial charge in [-0.3, -0.25) is 0 Å². The van der Waals surface area contributed by atoms with Crippen LogP contribution in [0.25, 0.3) is 100 Å². The Balaban J connectivity index is 0.798. The number of benzene rings is 13. The Kier molecular flexibility index (Phi) is 12.1. The Morgan fingerprint density at radius 3 is 0.915 bits per heavy atom. The lowest BCUT2D eigenvalue weighted by molar-refractivity contribution is 0.768. The van der Waals surface area contributed by atoms with Gasteiger partial charge in [0.05, 0.1) is 5.41 Å². The molecule has 1 heterocycles. The molecule has 82 heavy (non-hydrogen) atoms. The molecule has 0 unspecified atom stereocenters. The zero-order valence-corrected chi connectivity index (χ0v) is 44.8. The summed E-state index contributed by atoms with van der Waals surface area (Å²) in [7, 11) is 0. The lowest BCUT2D eigenvalue weighted by Crippen LogP contribution is -2.28. The third-order valence-electron chi connectivity index (χ3n) is 16.4. The summed E-state index contributed by atoms with van der Waals surface area (Å²) in [5.41, 5.74) is 19.8. The van der Waals surface area contributed by atoms with Crippen molar-refractivity contribution in [2.45, 2.75) is 5.41 Å². The molecule has 0 saturated heterocycles. The lowest BCUT2D eigenvalue weighted by atomic mass is 9.67. The molecule has 13 aromatic carbocycles. The van der Waals surface area contributed by atoms with Crippen molar-refractivity contribution in [1.29, 1.82) is 0 Å². The molecule has 4 heteroatoms. The maximum atomic E-state index is 5.23. The standard InChI is InChI=1S/C78H52N4/c1-3-15-53(16-4-1)58-35-45-68(46-36-58)82(69-47-37-59(38-48-69)54-17-5-2-6-18-54)70-49-39-60(40-50-70)57-31-41-66(42-32-57)78(73-25-13-11-23-71(73)72-24-12-14-26-74(72)78)67-43-33-61(34-44-67)75-79-76(64-29-27-55-19-7-9-21-62(55)51-64)81-77(80-75)65-30-28-56-20-8-10-22-63(56)52-65/h1-52H. The fourth-order valence-corrected chi connectivity index (χ4v) is 12.3. The lowest BCUT2D eigenvalue weighted by Gasteiger charge is -2.34. The van der Waals surface area contributed by atoms with E-state index in [9.17, 15) is 0 Å². The van der Waals surface area contributed by atoms with E-state index in [2.05, 4.69) is 320 Å². The van der Waals surface area contributed by atoms with Crippen LogP contribution in [0.4, 0.5) is 17.1 Å². The molecule has 0 amide bonds. The number of hydrogen-bond donors (Lipinski definition) is 0. The summed E-state index contributed by atoms with van der Waals surface area (Å²) >= 11 is 0. The van der Waals surface area contributed by atoms with Crippen molar-refractivity contribution >= 4 is 38.6 Å². The third-order valence-corrected chi connectivity index (χ3v) is 16.4. The van der Waals surface area contributed by atoms with Crippen LogP contribution in [0.2, 0.25) is 0 Å². The van der Waals surface area contributed by atoms with Crippen LogP contribution < -0.4 is 4.90 Å². The number of fused-ring (bicyclic) bond motifs is 5. The first kappa shape index (κ1) is 48.3. The van der Waals surface area contributed by atoms with Gasteiger partial charge in [0.15, 0.2) is 17.5 Å². The maximum Gasteiger partial charge on any atom is 0.164 e. The molecule has 0 radical (unpaired) electrons. The SMILES string of the molecule is c1ccc(-c2ccc(N(c3ccc(-c4ccccc4)cc3)c3ccc(-c4ccc(C5(c6ccc(-c7nc(-c8ccc9ccccc9c8)nc(-c8ccc9ccccc9c8)n7)cc6)c6ccccc6-c6ccccc65)cc4)cc3)cc2)cc1. The molecule has 1 aliphatic rings. The van der Waals surface area contributed by atoms with Gasteiger partial charge in [0, 0.05) is 33.8 Å². The van der Waals surface area contributed by atoms with Gasteiger partial charge in [-0.2, -0.15) is 0 Å². The van der Waals surface area contributed by atoms with E-state index in [1.165, 1.54) is 60.8 Å². The summed E-state index contributed by atoms with van der Waals surface area (Å²) in [6, 6.07) is 114. The van der Waals surface area contributed by atoms with Gasteiger partial charge in [0.25, 0.3) is 0 Å². The number of anilines is 3. The summed E-state index contributed by atoms with van der Waals surface area (Å²) in [6.07, 6.45) is 0. The molecule has 0 fully saturated rings. The van der Waals surface area contributed by atoms with Gasteiger partial charge in [-0.05, 0) is 137 Å². The highest BCUT2D eigenvalue weighted by atomic mass is 15.1. The second-order valence-electron chi connectivity index (χ2n) is 21.1. The molecule has 15 rings (SSSR count). The quantitative estimate of drug-likeness (QED) is 0.129. The highest BCUT2D eigenvalue weighted by Crippen LogP contribution is 2.56. The fraction of sp³-hybridized carbons (Fsp3) is 0.0128. The molecule has 1 aromatic heterocycles. The third kappa shape index (κ3) is 8.62. The van der Waals surface area contributed by atoms with E-state index in [0.29, 0.717) is 17.5 Å². The molecule has 0 spiro atoms. The van der Waals surface area contributed by atoms with Crippen LogP contribution in [0.3, 0.4) is 0 Å². The van der Waals surface area contributed by atoms with E-state index < -0.39 is 5.41 Å². The molecule has 14 aromatic rings. The van der Waals surface area contributed by atoms with Crippen molar-refractivity contribution in [3.8, 4) is 78.7 Å². The zero-order valence-electron chi connectivity index (χ0n) is 44.8. The van der Waals surface area contributed by atoms with Crippen molar-refractivity contribution < 1.29 is 0 Å². The first-order valence-electron chi connectivity index (χ1n) is 28.0. The number of hydrogen-bond acceptors (Lipinski definition) is 4. The van der Waals surface area contributed by atoms with E-state index in [-0.39, 0.29) is 0 Å². The number of rotatable bonds is 11. The summed E-state index contributed by atoms with van der Waals surface area (Å²) in [4.78, 5) is 18.0. The minimum atomic E-state index is -0.605. The molecule has 0 aliphatic heterocycles. The largest absolute Gasteiger partial charge is 0.311 e. The molecule has 0 N–H and O–H groups in total. The molecule has 1 aliphatic carbocycles. The average molecular weight is 1050 g/mol. The van der Waals surface area contributed by atoms with Crippen molar-refractivity contribution in [2.75, 3.05) is 4.90 Å². The number of nitrogens with zero attached hydrogens (tertiary/aromatic N) is 4. The van der Waals surface area contributed by atoms with Gasteiger partial charge >= 0.3 is 0 Å². The molecule has 384 valence electrons.